The smallest absolute Gasteiger partial charge is 0.248 e. The topological polar surface area (TPSA) is 105 Å². The second-order valence-corrected chi connectivity index (χ2v) is 8.49. The van der Waals surface area contributed by atoms with E-state index in [0.717, 1.165) is 42.8 Å². The standard InChI is InChI=1S/C23H30N6O3/c1-27(2)23-25-13-18(16-6-5-7-17(12-16)22(24)31)21(26-23)19-14-28(10-11-32-19)15-20(30)29-8-3-4-9-29/h5-7,12-13,19H,3-4,8-11,14-15H2,1-2H3,(H2,24,31)/t19-/m1/s1. The predicted octanol–water partition coefficient (Wildman–Crippen LogP) is 1.30. The second kappa shape index (κ2) is 9.62. The fourth-order valence-corrected chi connectivity index (χ4v) is 4.18. The van der Waals surface area contributed by atoms with Gasteiger partial charge < -0.3 is 20.3 Å². The number of benzene rings is 1. The number of primary amides is 1. The molecule has 9 nitrogen and oxygen atoms in total. The predicted molar refractivity (Wildman–Crippen MR) is 121 cm³/mol. The molecule has 2 aromatic rings. The molecule has 1 aromatic heterocycles. The summed E-state index contributed by atoms with van der Waals surface area (Å²) in [5, 5.41) is 0. The van der Waals surface area contributed by atoms with Crippen LogP contribution in [0.4, 0.5) is 5.95 Å². The summed E-state index contributed by atoms with van der Waals surface area (Å²) in [5.41, 5.74) is 8.23. The summed E-state index contributed by atoms with van der Waals surface area (Å²) in [6.45, 7) is 3.87. The van der Waals surface area contributed by atoms with Gasteiger partial charge in [-0.1, -0.05) is 12.1 Å². The summed E-state index contributed by atoms with van der Waals surface area (Å²) in [4.78, 5) is 39.5. The van der Waals surface area contributed by atoms with Gasteiger partial charge in [0.25, 0.3) is 0 Å². The number of nitrogens with two attached hydrogens (primary N) is 1. The van der Waals surface area contributed by atoms with E-state index >= 15 is 0 Å². The first-order valence-electron chi connectivity index (χ1n) is 11.0. The van der Waals surface area contributed by atoms with Gasteiger partial charge in [0.05, 0.1) is 18.8 Å². The van der Waals surface area contributed by atoms with E-state index < -0.39 is 5.91 Å². The van der Waals surface area contributed by atoms with Gasteiger partial charge in [-0.25, -0.2) is 9.97 Å². The van der Waals surface area contributed by atoms with Gasteiger partial charge in [-0.2, -0.15) is 0 Å². The van der Waals surface area contributed by atoms with Crippen molar-refractivity contribution >= 4 is 17.8 Å². The number of amides is 2. The molecule has 2 aliphatic heterocycles. The molecule has 4 rings (SSSR count). The number of rotatable bonds is 6. The number of ether oxygens (including phenoxy) is 1. The molecule has 1 aromatic carbocycles. The van der Waals surface area contributed by atoms with E-state index in [1.165, 1.54) is 0 Å². The average molecular weight is 439 g/mol. The van der Waals surface area contributed by atoms with E-state index in [9.17, 15) is 9.59 Å². The average Bonchev–Trinajstić information content (AvgIpc) is 3.34. The van der Waals surface area contributed by atoms with E-state index in [2.05, 4.69) is 9.88 Å². The normalized spacial score (nSPS) is 19.2. The van der Waals surface area contributed by atoms with Crippen molar-refractivity contribution in [1.29, 1.82) is 0 Å². The van der Waals surface area contributed by atoms with Crippen LogP contribution in [-0.4, -0.2) is 85.0 Å². The number of hydrogen-bond donors (Lipinski definition) is 1. The lowest BCUT2D eigenvalue weighted by atomic mass is 9.99. The lowest BCUT2D eigenvalue weighted by Gasteiger charge is -2.34. The molecule has 32 heavy (non-hydrogen) atoms. The highest BCUT2D eigenvalue weighted by Gasteiger charge is 2.29. The van der Waals surface area contributed by atoms with Gasteiger partial charge in [0.2, 0.25) is 17.8 Å². The minimum atomic E-state index is -0.486. The maximum absolute atomic E-state index is 12.7. The minimum Gasteiger partial charge on any atom is -0.369 e. The van der Waals surface area contributed by atoms with Gasteiger partial charge in [0.1, 0.15) is 6.10 Å². The van der Waals surface area contributed by atoms with Crippen molar-refractivity contribution in [1.82, 2.24) is 19.8 Å². The Kier molecular flexibility index (Phi) is 6.66. The van der Waals surface area contributed by atoms with E-state index in [1.54, 1.807) is 24.4 Å². The van der Waals surface area contributed by atoms with Crippen LogP contribution in [0, 0.1) is 0 Å². The molecular formula is C23H30N6O3. The first-order valence-corrected chi connectivity index (χ1v) is 11.0. The largest absolute Gasteiger partial charge is 0.369 e. The summed E-state index contributed by atoms with van der Waals surface area (Å²) < 4.78 is 6.11. The number of nitrogens with zero attached hydrogens (tertiary/aromatic N) is 5. The summed E-state index contributed by atoms with van der Waals surface area (Å²) in [5.74, 6) is 0.262. The third-order valence-corrected chi connectivity index (χ3v) is 5.94. The monoisotopic (exact) mass is 438 g/mol. The molecule has 0 radical (unpaired) electrons. The third-order valence-electron chi connectivity index (χ3n) is 5.94. The van der Waals surface area contributed by atoms with Crippen LogP contribution >= 0.6 is 0 Å². The summed E-state index contributed by atoms with van der Waals surface area (Å²) in [7, 11) is 3.77. The van der Waals surface area contributed by atoms with Gasteiger partial charge in [0.15, 0.2) is 0 Å². The van der Waals surface area contributed by atoms with E-state index in [0.29, 0.717) is 37.8 Å². The Hall–Kier alpha value is -3.04. The second-order valence-electron chi connectivity index (χ2n) is 8.49. The van der Waals surface area contributed by atoms with Crippen molar-refractivity contribution in [2.75, 3.05) is 58.3 Å². The van der Waals surface area contributed by atoms with Crippen molar-refractivity contribution in [3.05, 3.63) is 41.7 Å². The van der Waals surface area contributed by atoms with Crippen LogP contribution in [0.25, 0.3) is 11.1 Å². The Bertz CT molecular complexity index is 989. The van der Waals surface area contributed by atoms with E-state index in [4.69, 9.17) is 15.5 Å². The van der Waals surface area contributed by atoms with Crippen molar-refractivity contribution in [3.8, 4) is 11.1 Å². The Morgan fingerprint density at radius 1 is 1.22 bits per heavy atom. The molecule has 0 spiro atoms. The summed E-state index contributed by atoms with van der Waals surface area (Å²) in [6, 6.07) is 7.13. The fourth-order valence-electron chi connectivity index (χ4n) is 4.18. The van der Waals surface area contributed by atoms with Gasteiger partial charge in [-0.3, -0.25) is 14.5 Å². The molecule has 9 heteroatoms. The molecule has 0 aliphatic carbocycles. The Morgan fingerprint density at radius 2 is 2.00 bits per heavy atom. The lowest BCUT2D eigenvalue weighted by Crippen LogP contribution is -2.45. The van der Waals surface area contributed by atoms with Crippen LogP contribution in [0.2, 0.25) is 0 Å². The first-order chi connectivity index (χ1) is 15.4. The number of carbonyl (C=O) groups is 2. The maximum atomic E-state index is 12.7. The van der Waals surface area contributed by atoms with Gasteiger partial charge in [-0.05, 0) is 30.5 Å². The van der Waals surface area contributed by atoms with Gasteiger partial charge in [-0.15, -0.1) is 0 Å². The Morgan fingerprint density at radius 3 is 2.72 bits per heavy atom. The van der Waals surface area contributed by atoms with Crippen LogP contribution in [0.15, 0.2) is 30.5 Å². The highest BCUT2D eigenvalue weighted by atomic mass is 16.5. The van der Waals surface area contributed by atoms with Crippen molar-refractivity contribution < 1.29 is 14.3 Å². The lowest BCUT2D eigenvalue weighted by molar-refractivity contribution is -0.133. The van der Waals surface area contributed by atoms with Crippen LogP contribution < -0.4 is 10.6 Å². The highest BCUT2D eigenvalue weighted by Crippen LogP contribution is 2.32. The molecular weight excluding hydrogens is 408 g/mol. The molecule has 0 unspecified atom stereocenters. The zero-order valence-corrected chi connectivity index (χ0v) is 18.7. The SMILES string of the molecule is CN(C)c1ncc(-c2cccc(C(N)=O)c2)c([C@H]2CN(CC(=O)N3CCCC3)CCO2)n1. The minimum absolute atomic E-state index is 0.175. The summed E-state index contributed by atoms with van der Waals surface area (Å²) in [6.07, 6.45) is 3.61. The Labute approximate surface area is 188 Å². The first kappa shape index (κ1) is 22.2. The molecule has 0 bridgehead atoms. The van der Waals surface area contributed by atoms with Gasteiger partial charge >= 0.3 is 0 Å². The third kappa shape index (κ3) is 4.89. The van der Waals surface area contributed by atoms with Crippen molar-refractivity contribution in [2.45, 2.75) is 18.9 Å². The van der Waals surface area contributed by atoms with Gasteiger partial charge in [0, 0.05) is 57.6 Å². The fraction of sp³-hybridized carbons (Fsp3) is 0.478. The molecule has 1 atom stereocenters. The number of anilines is 1. The Balaban J connectivity index is 1.62. The molecule has 2 saturated heterocycles. The van der Waals surface area contributed by atoms with Crippen LogP contribution in [0.3, 0.4) is 0 Å². The van der Waals surface area contributed by atoms with Crippen molar-refractivity contribution in [2.24, 2.45) is 5.73 Å². The number of carbonyl (C=O) groups excluding carboxylic acids is 2. The zero-order chi connectivity index (χ0) is 22.7. The summed E-state index contributed by atoms with van der Waals surface area (Å²) >= 11 is 0. The van der Waals surface area contributed by atoms with Crippen LogP contribution in [-0.2, 0) is 9.53 Å². The maximum Gasteiger partial charge on any atom is 0.248 e. The molecule has 170 valence electrons. The molecule has 2 N–H and O–H groups in total. The molecule has 2 fully saturated rings. The van der Waals surface area contributed by atoms with Crippen molar-refractivity contribution in [3.63, 3.8) is 0 Å². The van der Waals surface area contributed by atoms with Crippen LogP contribution in [0.1, 0.15) is 35.0 Å². The molecule has 2 aliphatic rings. The number of aromatic nitrogens is 2. The number of hydrogen-bond acceptors (Lipinski definition) is 7. The number of morpholine rings is 1. The van der Waals surface area contributed by atoms with E-state index in [1.807, 2.05) is 30.0 Å². The molecule has 2 amide bonds. The highest BCUT2D eigenvalue weighted by molar-refractivity contribution is 5.94. The van der Waals surface area contributed by atoms with E-state index in [-0.39, 0.29) is 12.0 Å². The molecule has 3 heterocycles. The zero-order valence-electron chi connectivity index (χ0n) is 18.7. The molecule has 0 saturated carbocycles. The quantitative estimate of drug-likeness (QED) is 0.725. The van der Waals surface area contributed by atoms with Crippen LogP contribution in [0.5, 0.6) is 0 Å². The number of likely N-dealkylation sites (tertiary alicyclic amines) is 1.